The summed E-state index contributed by atoms with van der Waals surface area (Å²) in [4.78, 5) is 10.4. The maximum Gasteiger partial charge on any atom is 0.221 e. The van der Waals surface area contributed by atoms with Gasteiger partial charge in [-0.1, -0.05) is 13.8 Å². The Hall–Kier alpha value is -1.36. The van der Waals surface area contributed by atoms with Crippen LogP contribution in [0.25, 0.3) is 0 Å². The van der Waals surface area contributed by atoms with Gasteiger partial charge < -0.3 is 16.0 Å². The molecule has 1 aromatic heterocycles. The molecule has 1 aliphatic rings. The van der Waals surface area contributed by atoms with Crippen molar-refractivity contribution in [3.8, 4) is 0 Å². The number of rotatable bonds is 3. The fourth-order valence-corrected chi connectivity index (χ4v) is 2.29. The van der Waals surface area contributed by atoms with Crippen molar-refractivity contribution in [2.24, 2.45) is 0 Å². The van der Waals surface area contributed by atoms with Gasteiger partial charge in [0.05, 0.1) is 0 Å². The number of piperidine rings is 1. The summed E-state index contributed by atoms with van der Waals surface area (Å²) in [6.07, 6.45) is 4.03. The number of nitrogens with zero attached hydrogens (tertiary/aromatic N) is 3. The highest BCUT2D eigenvalue weighted by atomic mass is 15.2. The van der Waals surface area contributed by atoms with Gasteiger partial charge in [0.15, 0.2) is 0 Å². The van der Waals surface area contributed by atoms with Crippen molar-refractivity contribution < 1.29 is 0 Å². The first-order valence-electron chi connectivity index (χ1n) is 6.24. The van der Waals surface area contributed by atoms with E-state index in [-0.39, 0.29) is 0 Å². The predicted octanol–water partition coefficient (Wildman–Crippen LogP) is 1.03. The quantitative estimate of drug-likeness (QED) is 0.819. The van der Waals surface area contributed by atoms with Crippen molar-refractivity contribution in [1.82, 2.24) is 15.3 Å². The van der Waals surface area contributed by atoms with Crippen molar-refractivity contribution in [2.45, 2.75) is 38.8 Å². The summed E-state index contributed by atoms with van der Waals surface area (Å²) in [6.45, 7) is 6.44. The Kier molecular flexibility index (Phi) is 3.78. The molecule has 2 heterocycles. The molecule has 0 atom stereocenters. The van der Waals surface area contributed by atoms with Gasteiger partial charge in [-0.05, 0) is 18.9 Å². The summed E-state index contributed by atoms with van der Waals surface area (Å²) in [6, 6.07) is 3.11. The molecular weight excluding hydrogens is 214 g/mol. The van der Waals surface area contributed by atoms with Crippen LogP contribution in [0.1, 0.15) is 26.7 Å². The lowest BCUT2D eigenvalue weighted by Gasteiger charge is -2.34. The number of nitrogen functional groups attached to an aromatic ring is 1. The van der Waals surface area contributed by atoms with Gasteiger partial charge >= 0.3 is 0 Å². The van der Waals surface area contributed by atoms with E-state index in [9.17, 15) is 0 Å². The van der Waals surface area contributed by atoms with E-state index in [1.165, 1.54) is 0 Å². The molecule has 17 heavy (non-hydrogen) atoms. The summed E-state index contributed by atoms with van der Waals surface area (Å²) in [5.41, 5.74) is 5.60. The molecule has 3 N–H and O–H groups in total. The number of nitrogens with two attached hydrogens (primary N) is 1. The lowest BCUT2D eigenvalue weighted by molar-refractivity contribution is 0.386. The van der Waals surface area contributed by atoms with Crippen LogP contribution in [0.4, 0.5) is 11.8 Å². The second-order valence-electron chi connectivity index (χ2n) is 4.86. The number of hydrogen-bond acceptors (Lipinski definition) is 5. The van der Waals surface area contributed by atoms with Crippen molar-refractivity contribution in [3.05, 3.63) is 12.3 Å². The maximum atomic E-state index is 5.60. The Bertz CT molecular complexity index is 358. The molecule has 0 radical (unpaired) electrons. The van der Waals surface area contributed by atoms with Crippen LogP contribution in [-0.2, 0) is 0 Å². The van der Waals surface area contributed by atoms with E-state index in [4.69, 9.17) is 5.73 Å². The summed E-state index contributed by atoms with van der Waals surface area (Å²) >= 11 is 0. The molecule has 5 nitrogen and oxygen atoms in total. The third-order valence-corrected chi connectivity index (χ3v) is 3.05. The minimum atomic E-state index is 0.352. The molecule has 1 aliphatic heterocycles. The summed E-state index contributed by atoms with van der Waals surface area (Å²) in [5, 5.41) is 3.58. The highest BCUT2D eigenvalue weighted by Gasteiger charge is 2.20. The van der Waals surface area contributed by atoms with Crippen molar-refractivity contribution in [3.63, 3.8) is 0 Å². The predicted molar refractivity (Wildman–Crippen MR) is 70.0 cm³/mol. The van der Waals surface area contributed by atoms with Crippen LogP contribution in [0.3, 0.4) is 0 Å². The van der Waals surface area contributed by atoms with E-state index >= 15 is 0 Å². The normalized spacial score (nSPS) is 17.7. The van der Waals surface area contributed by atoms with Crippen LogP contribution in [0.15, 0.2) is 12.3 Å². The minimum Gasteiger partial charge on any atom is -0.368 e. The van der Waals surface area contributed by atoms with Gasteiger partial charge in [-0.3, -0.25) is 0 Å². The Balaban J connectivity index is 1.91. The zero-order valence-electron chi connectivity index (χ0n) is 10.6. The standard InChI is InChI=1S/C12H21N5/c1-9(2)15-10-4-7-17(8-5-10)11-3-6-14-12(13)16-11/h3,6,9-10,15H,4-5,7-8H2,1-2H3,(H2,13,14,16). The average molecular weight is 235 g/mol. The topological polar surface area (TPSA) is 67.1 Å². The van der Waals surface area contributed by atoms with Crippen LogP contribution < -0.4 is 16.0 Å². The zero-order valence-corrected chi connectivity index (χ0v) is 10.6. The molecule has 94 valence electrons. The Morgan fingerprint density at radius 3 is 2.71 bits per heavy atom. The molecule has 0 aromatic carbocycles. The maximum absolute atomic E-state index is 5.60. The fraction of sp³-hybridized carbons (Fsp3) is 0.667. The lowest BCUT2D eigenvalue weighted by atomic mass is 10.0. The second kappa shape index (κ2) is 5.31. The molecule has 0 unspecified atom stereocenters. The van der Waals surface area contributed by atoms with E-state index in [1.807, 2.05) is 6.07 Å². The van der Waals surface area contributed by atoms with E-state index in [0.717, 1.165) is 31.7 Å². The second-order valence-corrected chi connectivity index (χ2v) is 4.86. The van der Waals surface area contributed by atoms with Gasteiger partial charge in [0.25, 0.3) is 0 Å². The molecule has 0 aliphatic carbocycles. The van der Waals surface area contributed by atoms with Gasteiger partial charge in [0.2, 0.25) is 5.95 Å². The summed E-state index contributed by atoms with van der Waals surface area (Å²) in [5.74, 6) is 1.30. The Morgan fingerprint density at radius 2 is 2.12 bits per heavy atom. The molecular formula is C12H21N5. The summed E-state index contributed by atoms with van der Waals surface area (Å²) in [7, 11) is 0. The number of anilines is 2. The van der Waals surface area contributed by atoms with Crippen LogP contribution in [0.2, 0.25) is 0 Å². The number of aromatic nitrogens is 2. The van der Waals surface area contributed by atoms with Crippen LogP contribution in [0.5, 0.6) is 0 Å². The summed E-state index contributed by atoms with van der Waals surface area (Å²) < 4.78 is 0. The molecule has 1 aromatic rings. The minimum absolute atomic E-state index is 0.352. The first-order chi connectivity index (χ1) is 8.15. The van der Waals surface area contributed by atoms with Crippen LogP contribution >= 0.6 is 0 Å². The van der Waals surface area contributed by atoms with Crippen LogP contribution in [-0.4, -0.2) is 35.1 Å². The molecule has 0 spiro atoms. The van der Waals surface area contributed by atoms with E-state index in [0.29, 0.717) is 18.0 Å². The molecule has 5 heteroatoms. The molecule has 0 saturated carbocycles. The fourth-order valence-electron chi connectivity index (χ4n) is 2.29. The third-order valence-electron chi connectivity index (χ3n) is 3.05. The van der Waals surface area contributed by atoms with Gasteiger partial charge in [-0.15, -0.1) is 0 Å². The van der Waals surface area contributed by atoms with Gasteiger partial charge in [0, 0.05) is 31.4 Å². The average Bonchev–Trinajstić information content (AvgIpc) is 2.29. The van der Waals surface area contributed by atoms with Gasteiger partial charge in [-0.2, -0.15) is 4.98 Å². The third kappa shape index (κ3) is 3.30. The van der Waals surface area contributed by atoms with E-state index in [1.54, 1.807) is 6.20 Å². The highest BCUT2D eigenvalue weighted by molar-refractivity contribution is 5.41. The highest BCUT2D eigenvalue weighted by Crippen LogP contribution is 2.18. The van der Waals surface area contributed by atoms with Crippen molar-refractivity contribution in [2.75, 3.05) is 23.7 Å². The first-order valence-corrected chi connectivity index (χ1v) is 6.24. The Labute approximate surface area is 102 Å². The first kappa shape index (κ1) is 12.1. The van der Waals surface area contributed by atoms with E-state index in [2.05, 4.69) is 34.0 Å². The van der Waals surface area contributed by atoms with Crippen molar-refractivity contribution in [1.29, 1.82) is 0 Å². The Morgan fingerprint density at radius 1 is 1.41 bits per heavy atom. The lowest BCUT2D eigenvalue weighted by Crippen LogP contribution is -2.45. The van der Waals surface area contributed by atoms with Crippen LogP contribution in [0, 0.1) is 0 Å². The molecule has 1 fully saturated rings. The van der Waals surface area contributed by atoms with E-state index < -0.39 is 0 Å². The molecule has 2 rings (SSSR count). The molecule has 0 amide bonds. The largest absolute Gasteiger partial charge is 0.368 e. The number of hydrogen-bond donors (Lipinski definition) is 2. The molecule has 0 bridgehead atoms. The number of nitrogens with one attached hydrogen (secondary N) is 1. The van der Waals surface area contributed by atoms with Gasteiger partial charge in [0.1, 0.15) is 5.82 Å². The zero-order chi connectivity index (χ0) is 12.3. The van der Waals surface area contributed by atoms with Crippen molar-refractivity contribution >= 4 is 11.8 Å². The van der Waals surface area contributed by atoms with Gasteiger partial charge in [-0.25, -0.2) is 4.98 Å². The smallest absolute Gasteiger partial charge is 0.221 e. The SMILES string of the molecule is CC(C)NC1CCN(c2ccnc(N)n2)CC1. The monoisotopic (exact) mass is 235 g/mol. The molecule has 1 saturated heterocycles.